The molecule has 0 aliphatic carbocycles. The predicted octanol–water partition coefficient (Wildman–Crippen LogP) is -0.257. The van der Waals surface area contributed by atoms with E-state index in [4.69, 9.17) is 4.74 Å². The van der Waals surface area contributed by atoms with Crippen LogP contribution in [0.15, 0.2) is 0 Å². The Kier molecular flexibility index (Phi) is 7.27. The minimum absolute atomic E-state index is 0.249. The summed E-state index contributed by atoms with van der Waals surface area (Å²) in [6, 6.07) is 0. The molecule has 0 fully saturated rings. The molecule has 0 radical (unpaired) electrons. The highest BCUT2D eigenvalue weighted by Gasteiger charge is 2.24. The van der Waals surface area contributed by atoms with E-state index >= 15 is 0 Å². The van der Waals surface area contributed by atoms with E-state index < -0.39 is 28.0 Å². The monoisotopic (exact) mass is 298 g/mol. The third-order valence-electron chi connectivity index (χ3n) is 2.05. The van der Waals surface area contributed by atoms with Gasteiger partial charge in [0.1, 0.15) is 0 Å². The third-order valence-corrected chi connectivity index (χ3v) is 3.01. The summed E-state index contributed by atoms with van der Waals surface area (Å²) in [5.74, 6) is 0. The summed E-state index contributed by atoms with van der Waals surface area (Å²) in [6.07, 6.45) is -1.25. The van der Waals surface area contributed by atoms with Crippen LogP contribution in [0.25, 0.3) is 0 Å². The molecule has 1 unspecified atom stereocenters. The van der Waals surface area contributed by atoms with Crippen LogP contribution in [-0.4, -0.2) is 51.6 Å². The van der Waals surface area contributed by atoms with E-state index in [1.807, 2.05) is 0 Å². The van der Waals surface area contributed by atoms with Crippen molar-refractivity contribution in [2.24, 2.45) is 0 Å². The van der Waals surface area contributed by atoms with Gasteiger partial charge in [-0.05, 0) is 20.8 Å². The zero-order valence-corrected chi connectivity index (χ0v) is 12.4. The molecule has 19 heavy (non-hydrogen) atoms. The molecule has 0 saturated carbocycles. The van der Waals surface area contributed by atoms with Gasteiger partial charge in [0.05, 0.1) is 11.7 Å². The van der Waals surface area contributed by atoms with Crippen molar-refractivity contribution in [3.8, 4) is 0 Å². The van der Waals surface area contributed by atoms with Crippen LogP contribution in [0.4, 0.5) is 4.79 Å². The minimum atomic E-state index is -4.06. The highest BCUT2D eigenvalue weighted by atomic mass is 32.2. The van der Waals surface area contributed by atoms with Crippen LogP contribution in [0, 0.1) is 0 Å². The second kappa shape index (κ2) is 7.63. The van der Waals surface area contributed by atoms with E-state index in [9.17, 15) is 18.3 Å². The highest BCUT2D eigenvalue weighted by Crippen LogP contribution is 2.07. The summed E-state index contributed by atoms with van der Waals surface area (Å²) in [6.45, 7) is 4.68. The van der Waals surface area contributed by atoms with Gasteiger partial charge in [0.2, 0.25) is 0 Å². The van der Waals surface area contributed by atoms with Crippen LogP contribution in [0.2, 0.25) is 0 Å². The molecule has 114 valence electrons. The summed E-state index contributed by atoms with van der Waals surface area (Å²) >= 11 is 0. The number of carbonyl (C=O) groups excluding carboxylic acids is 1. The predicted molar refractivity (Wildman–Crippen MR) is 68.8 cm³/mol. The first-order valence-corrected chi connectivity index (χ1v) is 7.25. The van der Waals surface area contributed by atoms with Gasteiger partial charge in [-0.25, -0.2) is 9.52 Å². The zero-order valence-electron chi connectivity index (χ0n) is 11.6. The molecule has 0 heterocycles. The summed E-state index contributed by atoms with van der Waals surface area (Å²) in [5.41, 5.74) is -1.27. The first-order valence-electron chi connectivity index (χ1n) is 5.77. The molecule has 0 aliphatic heterocycles. The minimum Gasteiger partial charge on any atom is -0.446 e. The van der Waals surface area contributed by atoms with Crippen molar-refractivity contribution in [2.75, 3.05) is 20.3 Å². The molecular weight excluding hydrogens is 276 g/mol. The standard InChI is InChI=1S/C10H22N2O6S/c1-8(2)18-9(13)12-19(15,16)11-7-10(3,14)5-6-17-4/h8,11,14H,5-7H2,1-4H3,(H,12,13). The maximum atomic E-state index is 11.5. The lowest BCUT2D eigenvalue weighted by molar-refractivity contribution is 0.0290. The summed E-state index contributed by atoms with van der Waals surface area (Å²) < 4.78 is 36.1. The molecule has 1 atom stereocenters. The molecule has 0 aliphatic rings. The Morgan fingerprint density at radius 3 is 2.47 bits per heavy atom. The number of aliphatic hydroxyl groups is 1. The SMILES string of the molecule is COCCC(C)(O)CNS(=O)(=O)NC(=O)OC(C)C. The second-order valence-electron chi connectivity index (χ2n) is 4.62. The summed E-state index contributed by atoms with van der Waals surface area (Å²) in [7, 11) is -2.58. The van der Waals surface area contributed by atoms with Crippen molar-refractivity contribution in [2.45, 2.75) is 38.9 Å². The molecule has 0 rings (SSSR count). The van der Waals surface area contributed by atoms with Crippen LogP contribution < -0.4 is 9.44 Å². The molecule has 0 aromatic rings. The van der Waals surface area contributed by atoms with E-state index in [1.54, 1.807) is 18.6 Å². The van der Waals surface area contributed by atoms with Crippen molar-refractivity contribution in [1.82, 2.24) is 9.44 Å². The van der Waals surface area contributed by atoms with Crippen LogP contribution >= 0.6 is 0 Å². The van der Waals surface area contributed by atoms with Crippen LogP contribution in [0.1, 0.15) is 27.2 Å². The zero-order chi connectivity index (χ0) is 15.1. The van der Waals surface area contributed by atoms with Gasteiger partial charge in [0, 0.05) is 26.7 Å². The van der Waals surface area contributed by atoms with E-state index in [1.165, 1.54) is 14.0 Å². The largest absolute Gasteiger partial charge is 0.446 e. The van der Waals surface area contributed by atoms with Crippen LogP contribution in [-0.2, 0) is 19.7 Å². The van der Waals surface area contributed by atoms with Crippen molar-refractivity contribution < 1.29 is 27.8 Å². The number of hydrogen-bond donors (Lipinski definition) is 3. The molecule has 0 bridgehead atoms. The normalized spacial score (nSPS) is 15.1. The van der Waals surface area contributed by atoms with Crippen LogP contribution in [0.5, 0.6) is 0 Å². The lowest BCUT2D eigenvalue weighted by Gasteiger charge is -2.23. The Balaban J connectivity index is 4.27. The van der Waals surface area contributed by atoms with Crippen molar-refractivity contribution in [1.29, 1.82) is 0 Å². The summed E-state index contributed by atoms with van der Waals surface area (Å²) in [5, 5.41) is 9.84. The smallest absolute Gasteiger partial charge is 0.422 e. The molecule has 0 spiro atoms. The van der Waals surface area contributed by atoms with Crippen molar-refractivity contribution in [3.63, 3.8) is 0 Å². The van der Waals surface area contributed by atoms with Gasteiger partial charge in [-0.3, -0.25) is 0 Å². The lowest BCUT2D eigenvalue weighted by Crippen LogP contribution is -2.47. The Morgan fingerprint density at radius 1 is 1.42 bits per heavy atom. The quantitative estimate of drug-likeness (QED) is 0.569. The first kappa shape index (κ1) is 18.1. The number of nitrogens with one attached hydrogen (secondary N) is 2. The number of hydrogen-bond acceptors (Lipinski definition) is 6. The van der Waals surface area contributed by atoms with Crippen LogP contribution in [0.3, 0.4) is 0 Å². The van der Waals surface area contributed by atoms with E-state index in [2.05, 4.69) is 9.46 Å². The number of rotatable bonds is 8. The average molecular weight is 298 g/mol. The molecular formula is C10H22N2O6S. The van der Waals surface area contributed by atoms with E-state index in [0.717, 1.165) is 0 Å². The molecule has 1 amide bonds. The number of amides is 1. The van der Waals surface area contributed by atoms with Gasteiger partial charge < -0.3 is 14.6 Å². The van der Waals surface area contributed by atoms with Gasteiger partial charge in [-0.15, -0.1) is 0 Å². The molecule has 3 N–H and O–H groups in total. The Bertz CT molecular complexity index is 379. The van der Waals surface area contributed by atoms with Gasteiger partial charge >= 0.3 is 16.3 Å². The second-order valence-corrected chi connectivity index (χ2v) is 6.12. The van der Waals surface area contributed by atoms with Crippen molar-refractivity contribution in [3.05, 3.63) is 0 Å². The molecule has 9 heteroatoms. The maximum Gasteiger partial charge on any atom is 0.422 e. The fraction of sp³-hybridized carbons (Fsp3) is 0.900. The Labute approximate surface area is 113 Å². The number of ether oxygens (including phenoxy) is 2. The fourth-order valence-electron chi connectivity index (χ4n) is 1.04. The van der Waals surface area contributed by atoms with Gasteiger partial charge in [-0.1, -0.05) is 0 Å². The van der Waals surface area contributed by atoms with Gasteiger partial charge in [0.15, 0.2) is 0 Å². The summed E-state index contributed by atoms with van der Waals surface area (Å²) in [4.78, 5) is 11.1. The molecule has 0 aromatic heterocycles. The molecule has 0 aromatic carbocycles. The van der Waals surface area contributed by atoms with Gasteiger partial charge in [-0.2, -0.15) is 13.1 Å². The topological polar surface area (TPSA) is 114 Å². The lowest BCUT2D eigenvalue weighted by atomic mass is 10.0. The third kappa shape index (κ3) is 9.65. The van der Waals surface area contributed by atoms with Gasteiger partial charge in [0.25, 0.3) is 0 Å². The Hall–Kier alpha value is -0.900. The molecule has 0 saturated heterocycles. The fourth-order valence-corrected chi connectivity index (χ4v) is 1.89. The first-order chi connectivity index (χ1) is 8.58. The maximum absolute atomic E-state index is 11.5. The number of carbonyl (C=O) groups is 1. The average Bonchev–Trinajstić information content (AvgIpc) is 2.22. The number of methoxy groups -OCH3 is 1. The van der Waals surface area contributed by atoms with E-state index in [0.29, 0.717) is 0 Å². The van der Waals surface area contributed by atoms with Crippen molar-refractivity contribution >= 4 is 16.3 Å². The molecule has 8 nitrogen and oxygen atoms in total. The Morgan fingerprint density at radius 2 is 2.00 bits per heavy atom. The highest BCUT2D eigenvalue weighted by molar-refractivity contribution is 7.88. The van der Waals surface area contributed by atoms with E-state index in [-0.39, 0.29) is 19.6 Å².